The van der Waals surface area contributed by atoms with Crippen LogP contribution in [0.4, 0.5) is 21.1 Å². The molecule has 9 heteroatoms. The van der Waals surface area contributed by atoms with Gasteiger partial charge in [0.2, 0.25) is 5.91 Å². The van der Waals surface area contributed by atoms with E-state index in [4.69, 9.17) is 4.74 Å². The molecule has 2 fully saturated rings. The number of amides is 4. The van der Waals surface area contributed by atoms with Crippen molar-refractivity contribution >= 4 is 29.5 Å². The first kappa shape index (κ1) is 18.9. The van der Waals surface area contributed by atoms with E-state index in [1.54, 1.807) is 17.2 Å². The normalized spacial score (nSPS) is 18.4. The minimum Gasteiger partial charge on any atom is -0.444 e. The van der Waals surface area contributed by atoms with Crippen molar-refractivity contribution in [3.05, 3.63) is 18.3 Å². The molecule has 0 radical (unpaired) electrons. The van der Waals surface area contributed by atoms with Crippen LogP contribution in [-0.2, 0) is 9.53 Å². The molecule has 2 saturated heterocycles. The maximum Gasteiger partial charge on any atom is 0.410 e. The highest BCUT2D eigenvalue weighted by Crippen LogP contribution is 2.21. The summed E-state index contributed by atoms with van der Waals surface area (Å²) in [6.45, 7) is 8.40. The number of piperazine rings is 1. The molecular weight excluding hydrogens is 350 g/mol. The number of nitrogens with zero attached hydrogens (tertiary/aromatic N) is 4. The Bertz CT molecular complexity index is 720. The number of aromatic nitrogens is 1. The van der Waals surface area contributed by atoms with E-state index in [0.29, 0.717) is 38.5 Å². The predicted molar refractivity (Wildman–Crippen MR) is 99.8 cm³/mol. The molecular formula is C18H25N5O4. The largest absolute Gasteiger partial charge is 0.444 e. The van der Waals surface area contributed by atoms with Crippen molar-refractivity contribution in [1.29, 1.82) is 0 Å². The van der Waals surface area contributed by atoms with E-state index in [1.165, 1.54) is 4.90 Å². The standard InChI is InChI=1S/C18H25N5O4/c1-18(2,3)27-17(26)22-10-8-21(9-11-22)13-4-5-14(19-12-13)23-7-6-15(24)20-16(23)25/h4-5,12H,6-11H2,1-3H3,(H,20,24,25). The fraction of sp³-hybridized carbons (Fsp3) is 0.556. The molecule has 1 aromatic heterocycles. The molecule has 0 unspecified atom stereocenters. The number of pyridine rings is 1. The lowest BCUT2D eigenvalue weighted by molar-refractivity contribution is -0.120. The molecule has 0 spiro atoms. The van der Waals surface area contributed by atoms with Gasteiger partial charge in [0.15, 0.2) is 0 Å². The topological polar surface area (TPSA) is 95.1 Å². The monoisotopic (exact) mass is 375 g/mol. The van der Waals surface area contributed by atoms with Crippen molar-refractivity contribution in [2.75, 3.05) is 42.5 Å². The summed E-state index contributed by atoms with van der Waals surface area (Å²) in [5.74, 6) is 0.242. The first-order valence-corrected chi connectivity index (χ1v) is 9.03. The number of hydrogen-bond acceptors (Lipinski definition) is 6. The molecule has 4 amide bonds. The molecule has 2 aliphatic heterocycles. The van der Waals surface area contributed by atoms with Gasteiger partial charge in [0.25, 0.3) is 0 Å². The highest BCUT2D eigenvalue weighted by molar-refractivity contribution is 6.05. The summed E-state index contributed by atoms with van der Waals surface area (Å²) in [6.07, 6.45) is 1.69. The first-order valence-electron chi connectivity index (χ1n) is 9.03. The third-order valence-electron chi connectivity index (χ3n) is 4.36. The summed E-state index contributed by atoms with van der Waals surface area (Å²) >= 11 is 0. The molecule has 1 aromatic rings. The van der Waals surface area contributed by atoms with Crippen molar-refractivity contribution < 1.29 is 19.1 Å². The number of rotatable bonds is 2. The lowest BCUT2D eigenvalue weighted by Crippen LogP contribution is -2.50. The van der Waals surface area contributed by atoms with E-state index in [1.807, 2.05) is 26.8 Å². The summed E-state index contributed by atoms with van der Waals surface area (Å²) < 4.78 is 5.41. The van der Waals surface area contributed by atoms with Crippen LogP contribution in [-0.4, -0.2) is 66.2 Å². The second kappa shape index (κ2) is 7.42. The van der Waals surface area contributed by atoms with Gasteiger partial charge >= 0.3 is 12.1 Å². The fourth-order valence-corrected chi connectivity index (χ4v) is 2.98. The van der Waals surface area contributed by atoms with E-state index < -0.39 is 11.6 Å². The van der Waals surface area contributed by atoms with Crippen LogP contribution in [0.5, 0.6) is 0 Å². The van der Waals surface area contributed by atoms with Crippen LogP contribution < -0.4 is 15.1 Å². The van der Waals surface area contributed by atoms with E-state index in [-0.39, 0.29) is 18.4 Å². The summed E-state index contributed by atoms with van der Waals surface area (Å²) in [5, 5.41) is 2.29. The van der Waals surface area contributed by atoms with E-state index in [2.05, 4.69) is 15.2 Å². The van der Waals surface area contributed by atoms with Crippen LogP contribution in [0.15, 0.2) is 18.3 Å². The van der Waals surface area contributed by atoms with Gasteiger partial charge in [-0.25, -0.2) is 14.6 Å². The van der Waals surface area contributed by atoms with Gasteiger partial charge < -0.3 is 14.5 Å². The number of urea groups is 1. The van der Waals surface area contributed by atoms with Gasteiger partial charge in [-0.3, -0.25) is 15.0 Å². The van der Waals surface area contributed by atoms with Crippen molar-refractivity contribution in [1.82, 2.24) is 15.2 Å². The molecule has 1 N–H and O–H groups in total. The van der Waals surface area contributed by atoms with E-state index in [0.717, 1.165) is 5.69 Å². The molecule has 0 aromatic carbocycles. The number of carbonyl (C=O) groups is 3. The molecule has 0 aliphatic carbocycles. The van der Waals surface area contributed by atoms with Crippen molar-refractivity contribution in [2.45, 2.75) is 32.8 Å². The van der Waals surface area contributed by atoms with Crippen LogP contribution in [0.1, 0.15) is 27.2 Å². The number of imide groups is 1. The Morgan fingerprint density at radius 1 is 1.11 bits per heavy atom. The predicted octanol–water partition coefficient (Wildman–Crippen LogP) is 1.58. The number of anilines is 2. The Hall–Kier alpha value is -2.84. The molecule has 9 nitrogen and oxygen atoms in total. The van der Waals surface area contributed by atoms with Crippen LogP contribution in [0.2, 0.25) is 0 Å². The Morgan fingerprint density at radius 2 is 1.81 bits per heavy atom. The summed E-state index contributed by atoms with van der Waals surface area (Å²) in [4.78, 5) is 44.9. The zero-order valence-corrected chi connectivity index (χ0v) is 15.9. The summed E-state index contributed by atoms with van der Waals surface area (Å²) in [5.41, 5.74) is 0.426. The average molecular weight is 375 g/mol. The maximum atomic E-state index is 12.1. The van der Waals surface area contributed by atoms with Crippen LogP contribution in [0.25, 0.3) is 0 Å². The molecule has 0 atom stereocenters. The third-order valence-corrected chi connectivity index (χ3v) is 4.36. The summed E-state index contributed by atoms with van der Waals surface area (Å²) in [6, 6.07) is 3.22. The quantitative estimate of drug-likeness (QED) is 0.843. The number of nitrogens with one attached hydrogen (secondary N) is 1. The van der Waals surface area contributed by atoms with Crippen LogP contribution in [0.3, 0.4) is 0 Å². The SMILES string of the molecule is CC(C)(C)OC(=O)N1CCN(c2ccc(N3CCC(=O)NC3=O)nc2)CC1. The van der Waals surface area contributed by atoms with Gasteiger partial charge in [-0.05, 0) is 32.9 Å². The highest BCUT2D eigenvalue weighted by atomic mass is 16.6. The first-order chi connectivity index (χ1) is 12.7. The van der Waals surface area contributed by atoms with Crippen LogP contribution in [0, 0.1) is 0 Å². The molecule has 27 heavy (non-hydrogen) atoms. The Kier molecular flexibility index (Phi) is 5.20. The number of hydrogen-bond donors (Lipinski definition) is 1. The van der Waals surface area contributed by atoms with Gasteiger partial charge in [-0.1, -0.05) is 0 Å². The lowest BCUT2D eigenvalue weighted by atomic mass is 10.2. The highest BCUT2D eigenvalue weighted by Gasteiger charge is 2.27. The van der Waals surface area contributed by atoms with E-state index in [9.17, 15) is 14.4 Å². The smallest absolute Gasteiger partial charge is 0.410 e. The zero-order valence-electron chi connectivity index (χ0n) is 15.9. The van der Waals surface area contributed by atoms with Crippen molar-refractivity contribution in [3.63, 3.8) is 0 Å². The minimum absolute atomic E-state index is 0.266. The third kappa shape index (κ3) is 4.66. The average Bonchev–Trinajstić information content (AvgIpc) is 2.61. The zero-order chi connectivity index (χ0) is 19.6. The van der Waals surface area contributed by atoms with Crippen molar-refractivity contribution in [3.8, 4) is 0 Å². The number of carbonyl (C=O) groups excluding carboxylic acids is 3. The minimum atomic E-state index is -0.501. The van der Waals surface area contributed by atoms with Crippen molar-refractivity contribution in [2.24, 2.45) is 0 Å². The molecule has 2 aliphatic rings. The second-order valence-corrected chi connectivity index (χ2v) is 7.58. The lowest BCUT2D eigenvalue weighted by Gasteiger charge is -2.36. The van der Waals surface area contributed by atoms with Gasteiger partial charge in [0.05, 0.1) is 11.9 Å². The Labute approximate surface area is 158 Å². The molecule has 0 saturated carbocycles. The summed E-state index contributed by atoms with van der Waals surface area (Å²) in [7, 11) is 0. The molecule has 3 rings (SSSR count). The Balaban J connectivity index is 1.57. The van der Waals surface area contributed by atoms with Gasteiger partial charge in [-0.2, -0.15) is 0 Å². The second-order valence-electron chi connectivity index (χ2n) is 7.58. The number of ether oxygens (including phenoxy) is 1. The molecule has 3 heterocycles. The molecule has 0 bridgehead atoms. The fourth-order valence-electron chi connectivity index (χ4n) is 2.98. The van der Waals surface area contributed by atoms with Gasteiger partial charge in [0.1, 0.15) is 11.4 Å². The molecule has 146 valence electrons. The van der Waals surface area contributed by atoms with Crippen LogP contribution >= 0.6 is 0 Å². The maximum absolute atomic E-state index is 12.1. The van der Waals surface area contributed by atoms with Gasteiger partial charge in [-0.15, -0.1) is 0 Å². The van der Waals surface area contributed by atoms with E-state index >= 15 is 0 Å². The Morgan fingerprint density at radius 3 is 2.37 bits per heavy atom. The van der Waals surface area contributed by atoms with Gasteiger partial charge in [0, 0.05) is 39.1 Å².